The van der Waals surface area contributed by atoms with Crippen molar-refractivity contribution >= 4 is 6.09 Å². The van der Waals surface area contributed by atoms with Crippen molar-refractivity contribution in [1.82, 2.24) is 15.0 Å². The molecular formula is C18H23N3O3. The molecule has 2 heterocycles. The number of nitrogens with zero attached hydrogens (tertiary/aromatic N) is 3. The number of aryl methyl sites for hydroxylation is 1. The van der Waals surface area contributed by atoms with Gasteiger partial charge in [-0.3, -0.25) is 0 Å². The van der Waals surface area contributed by atoms with Gasteiger partial charge in [-0.05, 0) is 38.2 Å². The summed E-state index contributed by atoms with van der Waals surface area (Å²) in [5.74, 6) is 1.58. The van der Waals surface area contributed by atoms with E-state index in [4.69, 9.17) is 9.26 Å². The molecule has 1 atom stereocenters. The van der Waals surface area contributed by atoms with Gasteiger partial charge >= 0.3 is 6.09 Å². The lowest BCUT2D eigenvalue weighted by atomic mass is 9.95. The van der Waals surface area contributed by atoms with Crippen LogP contribution < -0.4 is 0 Å². The predicted octanol–water partition coefficient (Wildman–Crippen LogP) is 3.46. The molecule has 1 aliphatic rings. The highest BCUT2D eigenvalue weighted by atomic mass is 16.6. The fourth-order valence-electron chi connectivity index (χ4n) is 3.13. The fourth-order valence-corrected chi connectivity index (χ4v) is 3.13. The maximum Gasteiger partial charge on any atom is 0.409 e. The average Bonchev–Trinajstić information content (AvgIpc) is 3.04. The predicted molar refractivity (Wildman–Crippen MR) is 89.5 cm³/mol. The van der Waals surface area contributed by atoms with Crippen molar-refractivity contribution in [3.05, 3.63) is 35.7 Å². The molecule has 1 saturated heterocycles. The van der Waals surface area contributed by atoms with Gasteiger partial charge in [0.1, 0.15) is 0 Å². The number of rotatable bonds is 4. The molecule has 0 spiro atoms. The zero-order valence-corrected chi connectivity index (χ0v) is 14.2. The van der Waals surface area contributed by atoms with E-state index < -0.39 is 0 Å². The maximum atomic E-state index is 11.9. The number of hydrogen-bond donors (Lipinski definition) is 0. The molecule has 0 bridgehead atoms. The first-order valence-electron chi connectivity index (χ1n) is 8.47. The quantitative estimate of drug-likeness (QED) is 0.859. The van der Waals surface area contributed by atoms with Crippen molar-refractivity contribution < 1.29 is 14.1 Å². The highest BCUT2D eigenvalue weighted by Crippen LogP contribution is 2.24. The van der Waals surface area contributed by atoms with E-state index in [0.29, 0.717) is 37.2 Å². The van der Waals surface area contributed by atoms with Crippen LogP contribution in [0, 0.1) is 12.8 Å². The number of ether oxygens (including phenoxy) is 1. The van der Waals surface area contributed by atoms with Gasteiger partial charge in [-0.2, -0.15) is 4.98 Å². The zero-order chi connectivity index (χ0) is 16.9. The minimum atomic E-state index is -0.228. The summed E-state index contributed by atoms with van der Waals surface area (Å²) in [5, 5.41) is 4.10. The standard InChI is InChI=1S/C18H23N3O3/c1-3-23-18(22)21-10-6-8-14(12-21)11-16-19-17(20-24-16)15-9-5-4-7-13(15)2/h4-5,7,9,14H,3,6,8,10-12H2,1-2H3. The third-order valence-electron chi connectivity index (χ3n) is 4.36. The summed E-state index contributed by atoms with van der Waals surface area (Å²) in [6.07, 6.45) is 2.49. The van der Waals surface area contributed by atoms with Crippen molar-refractivity contribution in [3.8, 4) is 11.4 Å². The van der Waals surface area contributed by atoms with Gasteiger partial charge in [0, 0.05) is 25.1 Å². The van der Waals surface area contributed by atoms with E-state index in [-0.39, 0.29) is 6.09 Å². The van der Waals surface area contributed by atoms with Gasteiger partial charge in [0.25, 0.3) is 0 Å². The van der Waals surface area contributed by atoms with E-state index in [1.54, 1.807) is 4.90 Å². The maximum absolute atomic E-state index is 11.9. The van der Waals surface area contributed by atoms with E-state index in [9.17, 15) is 4.79 Å². The van der Waals surface area contributed by atoms with Gasteiger partial charge < -0.3 is 14.2 Å². The summed E-state index contributed by atoms with van der Waals surface area (Å²) >= 11 is 0. The molecule has 1 aromatic heterocycles. The Morgan fingerprint density at radius 3 is 3.04 bits per heavy atom. The third-order valence-corrected chi connectivity index (χ3v) is 4.36. The van der Waals surface area contributed by atoms with Crippen LogP contribution in [0.1, 0.15) is 31.2 Å². The molecule has 0 N–H and O–H groups in total. The molecule has 1 aromatic carbocycles. The minimum absolute atomic E-state index is 0.228. The van der Waals surface area contributed by atoms with Gasteiger partial charge in [-0.25, -0.2) is 4.79 Å². The molecule has 1 unspecified atom stereocenters. The average molecular weight is 329 g/mol. The van der Waals surface area contributed by atoms with Crippen molar-refractivity contribution in [2.24, 2.45) is 5.92 Å². The summed E-state index contributed by atoms with van der Waals surface area (Å²) in [4.78, 5) is 18.2. The van der Waals surface area contributed by atoms with Crippen LogP contribution in [0.2, 0.25) is 0 Å². The van der Waals surface area contributed by atoms with Crippen LogP contribution in [-0.4, -0.2) is 40.8 Å². The highest BCUT2D eigenvalue weighted by molar-refractivity contribution is 5.67. The van der Waals surface area contributed by atoms with Crippen molar-refractivity contribution in [2.75, 3.05) is 19.7 Å². The Morgan fingerprint density at radius 1 is 1.42 bits per heavy atom. The monoisotopic (exact) mass is 329 g/mol. The van der Waals surface area contributed by atoms with Crippen molar-refractivity contribution in [3.63, 3.8) is 0 Å². The number of piperidine rings is 1. The molecule has 128 valence electrons. The Morgan fingerprint density at radius 2 is 2.25 bits per heavy atom. The molecule has 1 amide bonds. The number of aromatic nitrogens is 2. The van der Waals surface area contributed by atoms with Crippen LogP contribution in [0.4, 0.5) is 4.79 Å². The molecule has 6 nitrogen and oxygen atoms in total. The zero-order valence-electron chi connectivity index (χ0n) is 14.2. The first kappa shape index (κ1) is 16.5. The summed E-state index contributed by atoms with van der Waals surface area (Å²) in [7, 11) is 0. The van der Waals surface area contributed by atoms with E-state index in [2.05, 4.69) is 10.1 Å². The second-order valence-corrected chi connectivity index (χ2v) is 6.18. The number of hydrogen-bond acceptors (Lipinski definition) is 5. The van der Waals surface area contributed by atoms with Crippen LogP contribution in [0.15, 0.2) is 28.8 Å². The lowest BCUT2D eigenvalue weighted by Gasteiger charge is -2.31. The van der Waals surface area contributed by atoms with E-state index >= 15 is 0 Å². The normalized spacial score (nSPS) is 17.8. The lowest BCUT2D eigenvalue weighted by molar-refractivity contribution is 0.0871. The Labute approximate surface area is 141 Å². The van der Waals surface area contributed by atoms with Crippen molar-refractivity contribution in [1.29, 1.82) is 0 Å². The minimum Gasteiger partial charge on any atom is -0.450 e. The molecule has 2 aromatic rings. The van der Waals surface area contributed by atoms with Gasteiger partial charge in [0.05, 0.1) is 6.61 Å². The third kappa shape index (κ3) is 3.75. The second-order valence-electron chi connectivity index (χ2n) is 6.18. The second kappa shape index (κ2) is 7.47. The molecule has 6 heteroatoms. The Hall–Kier alpha value is -2.37. The van der Waals surface area contributed by atoms with Gasteiger partial charge in [-0.1, -0.05) is 29.4 Å². The smallest absolute Gasteiger partial charge is 0.409 e. The molecule has 24 heavy (non-hydrogen) atoms. The summed E-state index contributed by atoms with van der Waals surface area (Å²) in [6, 6.07) is 7.99. The lowest BCUT2D eigenvalue weighted by Crippen LogP contribution is -2.40. The Balaban J connectivity index is 1.64. The molecule has 0 saturated carbocycles. The van der Waals surface area contributed by atoms with Crippen LogP contribution in [0.5, 0.6) is 0 Å². The first-order chi connectivity index (χ1) is 11.7. The van der Waals surface area contributed by atoms with Crippen molar-refractivity contribution in [2.45, 2.75) is 33.1 Å². The number of amides is 1. The summed E-state index contributed by atoms with van der Waals surface area (Å²) in [6.45, 7) is 5.70. The summed E-state index contributed by atoms with van der Waals surface area (Å²) in [5.41, 5.74) is 2.11. The molecule has 1 aliphatic heterocycles. The first-order valence-corrected chi connectivity index (χ1v) is 8.47. The number of carbonyl (C=O) groups excluding carboxylic acids is 1. The number of carbonyl (C=O) groups is 1. The molecule has 1 fully saturated rings. The van der Waals surface area contributed by atoms with Crippen LogP contribution in [-0.2, 0) is 11.2 Å². The van der Waals surface area contributed by atoms with E-state index in [1.165, 1.54) is 0 Å². The Bertz CT molecular complexity index is 698. The topological polar surface area (TPSA) is 68.5 Å². The molecule has 3 rings (SSSR count). The van der Waals surface area contributed by atoms with E-state index in [1.807, 2.05) is 38.1 Å². The molecular weight excluding hydrogens is 306 g/mol. The van der Waals surface area contributed by atoms with Crippen LogP contribution in [0.3, 0.4) is 0 Å². The number of benzene rings is 1. The Kier molecular flexibility index (Phi) is 5.13. The molecule has 0 radical (unpaired) electrons. The molecule has 0 aliphatic carbocycles. The highest BCUT2D eigenvalue weighted by Gasteiger charge is 2.26. The largest absolute Gasteiger partial charge is 0.450 e. The van der Waals surface area contributed by atoms with Gasteiger partial charge in [-0.15, -0.1) is 0 Å². The fraction of sp³-hybridized carbons (Fsp3) is 0.500. The number of likely N-dealkylation sites (tertiary alicyclic amines) is 1. The van der Waals surface area contributed by atoms with E-state index in [0.717, 1.165) is 30.5 Å². The van der Waals surface area contributed by atoms with Crippen LogP contribution in [0.25, 0.3) is 11.4 Å². The summed E-state index contributed by atoms with van der Waals surface area (Å²) < 4.78 is 10.5. The van der Waals surface area contributed by atoms with Gasteiger partial charge in [0.15, 0.2) is 0 Å². The van der Waals surface area contributed by atoms with Crippen LogP contribution >= 0.6 is 0 Å². The van der Waals surface area contributed by atoms with Gasteiger partial charge in [0.2, 0.25) is 11.7 Å². The SMILES string of the molecule is CCOC(=O)N1CCCC(Cc2nc(-c3ccccc3C)no2)C1.